The minimum absolute atomic E-state index is 0.0945. The first-order chi connectivity index (χ1) is 8.99. The highest BCUT2D eigenvalue weighted by Gasteiger charge is 2.20. The van der Waals surface area contributed by atoms with Crippen LogP contribution >= 0.6 is 0 Å². The third-order valence-corrected chi connectivity index (χ3v) is 3.17. The fourth-order valence-electron chi connectivity index (χ4n) is 1.92. The number of hydrogen-bond acceptors (Lipinski definition) is 2. The molecule has 0 spiro atoms. The Morgan fingerprint density at radius 2 is 1.95 bits per heavy atom. The minimum Gasteiger partial charge on any atom is -0.459 e. The standard InChI is InChI=1S/C15H20N2O2/c1-10(2)16-15(18)17(4)11(3)14-9-12-7-5-6-8-13(12)19-14/h5-11H,1-4H3,(H,16,18). The summed E-state index contributed by atoms with van der Waals surface area (Å²) < 4.78 is 5.78. The molecule has 4 heteroatoms. The monoisotopic (exact) mass is 260 g/mol. The van der Waals surface area contributed by atoms with Crippen molar-refractivity contribution in [3.8, 4) is 0 Å². The first-order valence-electron chi connectivity index (χ1n) is 6.51. The van der Waals surface area contributed by atoms with Crippen molar-refractivity contribution >= 4 is 17.0 Å². The third kappa shape index (κ3) is 2.89. The highest BCUT2D eigenvalue weighted by Crippen LogP contribution is 2.26. The van der Waals surface area contributed by atoms with Gasteiger partial charge in [-0.2, -0.15) is 0 Å². The Hall–Kier alpha value is -1.97. The smallest absolute Gasteiger partial charge is 0.317 e. The number of rotatable bonds is 3. The van der Waals surface area contributed by atoms with E-state index in [1.165, 1.54) is 0 Å². The van der Waals surface area contributed by atoms with Gasteiger partial charge in [0.2, 0.25) is 0 Å². The number of hydrogen-bond donors (Lipinski definition) is 1. The highest BCUT2D eigenvalue weighted by atomic mass is 16.3. The zero-order valence-corrected chi connectivity index (χ0v) is 11.8. The lowest BCUT2D eigenvalue weighted by Gasteiger charge is -2.24. The molecular formula is C15H20N2O2. The zero-order chi connectivity index (χ0) is 14.0. The molecule has 102 valence electrons. The van der Waals surface area contributed by atoms with Crippen LogP contribution in [0.25, 0.3) is 11.0 Å². The Kier molecular flexibility index (Phi) is 3.79. The van der Waals surface area contributed by atoms with Gasteiger partial charge in [-0.1, -0.05) is 18.2 Å². The van der Waals surface area contributed by atoms with Crippen molar-refractivity contribution in [1.29, 1.82) is 0 Å². The highest BCUT2D eigenvalue weighted by molar-refractivity contribution is 5.78. The minimum atomic E-state index is -0.105. The normalized spacial score (nSPS) is 12.7. The largest absolute Gasteiger partial charge is 0.459 e. The van der Waals surface area contributed by atoms with Gasteiger partial charge in [-0.25, -0.2) is 4.79 Å². The predicted molar refractivity (Wildman–Crippen MR) is 76.1 cm³/mol. The molecule has 0 radical (unpaired) electrons. The van der Waals surface area contributed by atoms with Gasteiger partial charge >= 0.3 is 6.03 Å². The molecule has 1 aromatic carbocycles. The topological polar surface area (TPSA) is 45.5 Å². The van der Waals surface area contributed by atoms with E-state index in [1.807, 2.05) is 51.1 Å². The van der Waals surface area contributed by atoms with Crippen LogP contribution in [-0.2, 0) is 0 Å². The van der Waals surface area contributed by atoms with Gasteiger partial charge in [0.1, 0.15) is 11.3 Å². The van der Waals surface area contributed by atoms with E-state index in [4.69, 9.17) is 4.42 Å². The summed E-state index contributed by atoms with van der Waals surface area (Å²) >= 11 is 0. The van der Waals surface area contributed by atoms with E-state index < -0.39 is 0 Å². The molecule has 1 heterocycles. The summed E-state index contributed by atoms with van der Waals surface area (Å²) in [6.07, 6.45) is 0. The number of carbonyl (C=O) groups excluding carboxylic acids is 1. The van der Waals surface area contributed by atoms with Crippen molar-refractivity contribution in [2.75, 3.05) is 7.05 Å². The molecule has 0 aliphatic heterocycles. The van der Waals surface area contributed by atoms with Crippen LogP contribution in [0.5, 0.6) is 0 Å². The number of benzene rings is 1. The fraction of sp³-hybridized carbons (Fsp3) is 0.400. The molecule has 1 atom stereocenters. The molecule has 1 unspecified atom stereocenters. The van der Waals surface area contributed by atoms with Gasteiger partial charge in [0.25, 0.3) is 0 Å². The van der Waals surface area contributed by atoms with E-state index in [1.54, 1.807) is 11.9 Å². The molecule has 2 rings (SSSR count). The summed E-state index contributed by atoms with van der Waals surface area (Å²) in [5.74, 6) is 0.794. The number of para-hydroxylation sites is 1. The van der Waals surface area contributed by atoms with Crippen LogP contribution in [0.1, 0.15) is 32.6 Å². The third-order valence-electron chi connectivity index (χ3n) is 3.17. The first-order valence-corrected chi connectivity index (χ1v) is 6.51. The molecule has 1 N–H and O–H groups in total. The van der Waals surface area contributed by atoms with E-state index in [9.17, 15) is 4.79 Å². The summed E-state index contributed by atoms with van der Waals surface area (Å²) in [6.45, 7) is 5.84. The van der Waals surface area contributed by atoms with Crippen LogP contribution in [0.4, 0.5) is 4.79 Å². The molecule has 2 amide bonds. The Bertz CT molecular complexity index is 541. The molecular weight excluding hydrogens is 240 g/mol. The molecule has 19 heavy (non-hydrogen) atoms. The van der Waals surface area contributed by atoms with Crippen molar-refractivity contribution < 1.29 is 9.21 Å². The average Bonchev–Trinajstić information content (AvgIpc) is 2.79. The number of amides is 2. The molecule has 4 nitrogen and oxygen atoms in total. The maximum atomic E-state index is 12.0. The van der Waals surface area contributed by atoms with Crippen LogP contribution in [0.15, 0.2) is 34.7 Å². The van der Waals surface area contributed by atoms with E-state index in [-0.39, 0.29) is 18.1 Å². The van der Waals surface area contributed by atoms with Gasteiger partial charge in [0, 0.05) is 18.5 Å². The molecule has 2 aromatic rings. The van der Waals surface area contributed by atoms with Gasteiger partial charge in [0.15, 0.2) is 0 Å². The predicted octanol–water partition coefficient (Wildman–Crippen LogP) is 3.54. The lowest BCUT2D eigenvalue weighted by molar-refractivity contribution is 0.185. The summed E-state index contributed by atoms with van der Waals surface area (Å²) in [7, 11) is 1.77. The van der Waals surface area contributed by atoms with Crippen LogP contribution in [0.3, 0.4) is 0 Å². The van der Waals surface area contributed by atoms with E-state index in [0.717, 1.165) is 16.7 Å². The number of carbonyl (C=O) groups is 1. The number of urea groups is 1. The summed E-state index contributed by atoms with van der Waals surface area (Å²) in [5, 5.41) is 3.93. The molecule has 0 saturated carbocycles. The molecule has 0 bridgehead atoms. The van der Waals surface area contributed by atoms with Crippen LogP contribution in [0.2, 0.25) is 0 Å². The number of nitrogens with zero attached hydrogens (tertiary/aromatic N) is 1. The Balaban J connectivity index is 2.18. The summed E-state index contributed by atoms with van der Waals surface area (Å²) in [4.78, 5) is 13.6. The van der Waals surface area contributed by atoms with Gasteiger partial charge in [-0.15, -0.1) is 0 Å². The van der Waals surface area contributed by atoms with Crippen LogP contribution in [0, 0.1) is 0 Å². The Morgan fingerprint density at radius 1 is 1.26 bits per heavy atom. The van der Waals surface area contributed by atoms with E-state index in [0.29, 0.717) is 0 Å². The van der Waals surface area contributed by atoms with Crippen LogP contribution in [-0.4, -0.2) is 24.0 Å². The second kappa shape index (κ2) is 5.34. The maximum absolute atomic E-state index is 12.0. The number of nitrogens with one attached hydrogen (secondary N) is 1. The average molecular weight is 260 g/mol. The van der Waals surface area contributed by atoms with Crippen molar-refractivity contribution in [3.63, 3.8) is 0 Å². The van der Waals surface area contributed by atoms with Gasteiger partial charge in [-0.05, 0) is 32.9 Å². The lowest BCUT2D eigenvalue weighted by atomic mass is 10.2. The summed E-state index contributed by atoms with van der Waals surface area (Å²) in [5.41, 5.74) is 0.849. The lowest BCUT2D eigenvalue weighted by Crippen LogP contribution is -2.41. The molecule has 0 fully saturated rings. The van der Waals surface area contributed by atoms with Crippen molar-refractivity contribution in [2.24, 2.45) is 0 Å². The molecule has 1 aromatic heterocycles. The van der Waals surface area contributed by atoms with E-state index >= 15 is 0 Å². The van der Waals surface area contributed by atoms with E-state index in [2.05, 4.69) is 5.32 Å². The quantitative estimate of drug-likeness (QED) is 0.917. The second-order valence-corrected chi connectivity index (χ2v) is 5.08. The Labute approximate surface area is 113 Å². The second-order valence-electron chi connectivity index (χ2n) is 5.08. The molecule has 0 aliphatic rings. The zero-order valence-electron chi connectivity index (χ0n) is 11.8. The first kappa shape index (κ1) is 13.5. The number of fused-ring (bicyclic) bond motifs is 1. The van der Waals surface area contributed by atoms with Crippen molar-refractivity contribution in [1.82, 2.24) is 10.2 Å². The van der Waals surface area contributed by atoms with Crippen molar-refractivity contribution in [2.45, 2.75) is 32.9 Å². The molecule has 0 saturated heterocycles. The number of furan rings is 1. The molecule has 0 aliphatic carbocycles. The van der Waals surface area contributed by atoms with Gasteiger partial charge in [-0.3, -0.25) is 0 Å². The fourth-order valence-corrected chi connectivity index (χ4v) is 1.92. The maximum Gasteiger partial charge on any atom is 0.317 e. The van der Waals surface area contributed by atoms with Crippen molar-refractivity contribution in [3.05, 3.63) is 36.1 Å². The van der Waals surface area contributed by atoms with Gasteiger partial charge < -0.3 is 14.6 Å². The van der Waals surface area contributed by atoms with Gasteiger partial charge in [0.05, 0.1) is 6.04 Å². The summed E-state index contributed by atoms with van der Waals surface area (Å²) in [6, 6.07) is 9.76. The SMILES string of the molecule is CC(C)NC(=O)N(C)C(C)c1cc2ccccc2o1. The van der Waals surface area contributed by atoms with Crippen LogP contribution < -0.4 is 5.32 Å². The Morgan fingerprint density at radius 3 is 2.58 bits per heavy atom.